The number of likely N-dealkylation sites (tertiary alicyclic amines) is 1. The number of nitrogens with zero attached hydrogens (tertiary/aromatic N) is 4. The first kappa shape index (κ1) is 19.7. The average molecular weight is 405 g/mol. The molecule has 0 unspecified atom stereocenters. The lowest BCUT2D eigenvalue weighted by molar-refractivity contribution is 0.118. The summed E-state index contributed by atoms with van der Waals surface area (Å²) in [6.45, 7) is 4.09. The molecule has 0 radical (unpaired) electrons. The van der Waals surface area contributed by atoms with E-state index in [-0.39, 0.29) is 6.10 Å². The summed E-state index contributed by atoms with van der Waals surface area (Å²) in [6, 6.07) is 11.6. The fraction of sp³-hybridized carbons (Fsp3) is 0.520. The highest BCUT2D eigenvalue weighted by Crippen LogP contribution is 2.30. The Bertz CT molecular complexity index is 872. The number of anilines is 1. The van der Waals surface area contributed by atoms with E-state index in [1.165, 1.54) is 50.8 Å². The Morgan fingerprint density at radius 2 is 1.63 bits per heavy atom. The van der Waals surface area contributed by atoms with Crippen molar-refractivity contribution in [3.05, 3.63) is 47.7 Å². The van der Waals surface area contributed by atoms with Gasteiger partial charge in [0, 0.05) is 44.0 Å². The fourth-order valence-corrected chi connectivity index (χ4v) is 4.79. The SMILES string of the molecule is OC1CCN(c2nccc(-c3ccc(C=C4CCN(C5CCC5)CC4)cc3)n2)CC1. The molecular weight excluding hydrogens is 372 g/mol. The highest BCUT2D eigenvalue weighted by molar-refractivity contribution is 5.64. The molecule has 1 saturated carbocycles. The van der Waals surface area contributed by atoms with E-state index in [0.29, 0.717) is 0 Å². The largest absolute Gasteiger partial charge is 0.393 e. The van der Waals surface area contributed by atoms with Gasteiger partial charge >= 0.3 is 0 Å². The zero-order chi connectivity index (χ0) is 20.3. The molecule has 0 spiro atoms. The number of piperidine rings is 2. The summed E-state index contributed by atoms with van der Waals surface area (Å²) in [6.07, 6.45) is 12.3. The van der Waals surface area contributed by atoms with Crippen LogP contribution in [0.2, 0.25) is 0 Å². The maximum Gasteiger partial charge on any atom is 0.225 e. The van der Waals surface area contributed by atoms with Crippen LogP contribution in [-0.2, 0) is 0 Å². The molecule has 1 N–H and O–H groups in total. The van der Waals surface area contributed by atoms with E-state index >= 15 is 0 Å². The van der Waals surface area contributed by atoms with Crippen molar-refractivity contribution in [1.82, 2.24) is 14.9 Å². The molecule has 1 aliphatic carbocycles. The predicted molar refractivity (Wildman–Crippen MR) is 121 cm³/mol. The van der Waals surface area contributed by atoms with E-state index in [0.717, 1.165) is 49.2 Å². The molecule has 0 atom stereocenters. The summed E-state index contributed by atoms with van der Waals surface area (Å²) in [5.74, 6) is 0.767. The van der Waals surface area contributed by atoms with Gasteiger partial charge in [0.05, 0.1) is 11.8 Å². The molecule has 3 heterocycles. The van der Waals surface area contributed by atoms with E-state index in [4.69, 9.17) is 4.98 Å². The van der Waals surface area contributed by atoms with Crippen LogP contribution in [0.15, 0.2) is 42.1 Å². The van der Waals surface area contributed by atoms with E-state index in [1.54, 1.807) is 5.57 Å². The molecule has 5 heteroatoms. The summed E-state index contributed by atoms with van der Waals surface area (Å²) in [5, 5.41) is 9.73. The molecule has 1 aromatic carbocycles. The second-order valence-electron chi connectivity index (χ2n) is 9.01. The van der Waals surface area contributed by atoms with Crippen LogP contribution in [0.25, 0.3) is 17.3 Å². The van der Waals surface area contributed by atoms with Gasteiger partial charge in [0.15, 0.2) is 0 Å². The van der Waals surface area contributed by atoms with Crippen molar-refractivity contribution < 1.29 is 5.11 Å². The third-order valence-corrected chi connectivity index (χ3v) is 7.00. The Balaban J connectivity index is 1.23. The fourth-order valence-electron chi connectivity index (χ4n) is 4.79. The summed E-state index contributed by atoms with van der Waals surface area (Å²) in [5.41, 5.74) is 4.94. The number of aromatic nitrogens is 2. The lowest BCUT2D eigenvalue weighted by Gasteiger charge is -2.40. The average Bonchev–Trinajstić information content (AvgIpc) is 2.75. The third-order valence-electron chi connectivity index (χ3n) is 7.00. The minimum absolute atomic E-state index is 0.184. The van der Waals surface area contributed by atoms with E-state index < -0.39 is 0 Å². The van der Waals surface area contributed by atoms with E-state index in [9.17, 15) is 5.11 Å². The molecule has 2 aromatic rings. The van der Waals surface area contributed by atoms with Gasteiger partial charge in [0.25, 0.3) is 0 Å². The van der Waals surface area contributed by atoms with Gasteiger partial charge in [-0.15, -0.1) is 0 Å². The van der Waals surface area contributed by atoms with Crippen molar-refractivity contribution in [3.63, 3.8) is 0 Å². The van der Waals surface area contributed by atoms with Gasteiger partial charge in [-0.1, -0.05) is 42.3 Å². The molecule has 5 nitrogen and oxygen atoms in total. The van der Waals surface area contributed by atoms with Crippen LogP contribution < -0.4 is 4.90 Å². The van der Waals surface area contributed by atoms with Gasteiger partial charge in [-0.2, -0.15) is 0 Å². The monoisotopic (exact) mass is 404 g/mol. The molecule has 5 rings (SSSR count). The maximum atomic E-state index is 9.73. The molecule has 1 aromatic heterocycles. The van der Waals surface area contributed by atoms with Crippen LogP contribution >= 0.6 is 0 Å². The van der Waals surface area contributed by atoms with Crippen LogP contribution in [0.1, 0.15) is 50.5 Å². The Kier molecular flexibility index (Phi) is 5.82. The lowest BCUT2D eigenvalue weighted by Crippen LogP contribution is -2.43. The molecule has 30 heavy (non-hydrogen) atoms. The molecule has 0 bridgehead atoms. The van der Waals surface area contributed by atoms with Crippen LogP contribution in [0, 0.1) is 0 Å². The van der Waals surface area contributed by atoms with Gasteiger partial charge in [0.1, 0.15) is 0 Å². The van der Waals surface area contributed by atoms with E-state index in [2.05, 4.69) is 45.1 Å². The van der Waals surface area contributed by atoms with Gasteiger partial charge in [-0.25, -0.2) is 9.97 Å². The number of hydrogen-bond donors (Lipinski definition) is 1. The highest BCUT2D eigenvalue weighted by atomic mass is 16.3. The minimum Gasteiger partial charge on any atom is -0.393 e. The Hall–Kier alpha value is -2.24. The van der Waals surface area contributed by atoms with Crippen molar-refractivity contribution in [1.29, 1.82) is 0 Å². The molecule has 2 aliphatic heterocycles. The van der Waals surface area contributed by atoms with Crippen LogP contribution in [0.3, 0.4) is 0 Å². The van der Waals surface area contributed by atoms with Crippen molar-refractivity contribution >= 4 is 12.0 Å². The summed E-state index contributed by atoms with van der Waals surface area (Å²) >= 11 is 0. The maximum absolute atomic E-state index is 9.73. The topological polar surface area (TPSA) is 52.5 Å². The standard InChI is InChI=1S/C25H32N4O/c30-23-11-16-29(17-12-23)25-26-13-8-24(27-25)21-6-4-19(5-7-21)18-20-9-14-28(15-10-20)22-2-1-3-22/h4-8,13,18,22-23,30H,1-3,9-12,14-17H2. The van der Waals surface area contributed by atoms with Crippen molar-refractivity contribution in [2.75, 3.05) is 31.1 Å². The van der Waals surface area contributed by atoms with Gasteiger partial charge in [0.2, 0.25) is 5.95 Å². The Morgan fingerprint density at radius 3 is 2.30 bits per heavy atom. The van der Waals surface area contributed by atoms with Gasteiger partial charge in [-0.3, -0.25) is 4.90 Å². The van der Waals surface area contributed by atoms with Gasteiger partial charge < -0.3 is 10.0 Å². The Labute approximate surface area is 179 Å². The smallest absolute Gasteiger partial charge is 0.225 e. The number of hydrogen-bond acceptors (Lipinski definition) is 5. The predicted octanol–water partition coefficient (Wildman–Crippen LogP) is 4.14. The second-order valence-corrected chi connectivity index (χ2v) is 9.01. The van der Waals surface area contributed by atoms with Gasteiger partial charge in [-0.05, 0) is 50.2 Å². The number of aliphatic hydroxyl groups excluding tert-OH is 1. The third kappa shape index (κ3) is 4.42. The first-order valence-electron chi connectivity index (χ1n) is 11.5. The van der Waals surface area contributed by atoms with Crippen molar-refractivity contribution in [2.24, 2.45) is 0 Å². The zero-order valence-electron chi connectivity index (χ0n) is 17.7. The van der Waals surface area contributed by atoms with Crippen molar-refractivity contribution in [3.8, 4) is 11.3 Å². The normalized spacial score (nSPS) is 21.5. The van der Waals surface area contributed by atoms with Crippen LogP contribution in [0.4, 0.5) is 5.95 Å². The summed E-state index contributed by atoms with van der Waals surface area (Å²) in [4.78, 5) is 14.1. The first-order chi connectivity index (χ1) is 14.7. The first-order valence-corrected chi connectivity index (χ1v) is 11.5. The molecule has 158 valence electrons. The highest BCUT2D eigenvalue weighted by Gasteiger charge is 2.26. The molecular formula is C25H32N4O. The van der Waals surface area contributed by atoms with E-state index in [1.807, 2.05) is 12.3 Å². The number of rotatable bonds is 4. The molecule has 3 fully saturated rings. The van der Waals surface area contributed by atoms with Crippen molar-refractivity contribution in [2.45, 2.75) is 57.1 Å². The summed E-state index contributed by atoms with van der Waals surface area (Å²) in [7, 11) is 0. The number of benzene rings is 1. The second kappa shape index (κ2) is 8.86. The molecule has 2 saturated heterocycles. The quantitative estimate of drug-likeness (QED) is 0.830. The Morgan fingerprint density at radius 1 is 0.900 bits per heavy atom. The minimum atomic E-state index is -0.184. The molecule has 3 aliphatic rings. The molecule has 0 amide bonds. The van der Waals surface area contributed by atoms with Crippen LogP contribution in [0.5, 0.6) is 0 Å². The van der Waals surface area contributed by atoms with Crippen LogP contribution in [-0.4, -0.2) is 58.3 Å². The number of aliphatic hydroxyl groups is 1. The summed E-state index contributed by atoms with van der Waals surface area (Å²) < 4.78 is 0. The lowest BCUT2D eigenvalue weighted by atomic mass is 9.89. The zero-order valence-corrected chi connectivity index (χ0v) is 17.7.